The van der Waals surface area contributed by atoms with Crippen molar-refractivity contribution in [2.75, 3.05) is 0 Å². The molecule has 2 aliphatic rings. The van der Waals surface area contributed by atoms with Crippen LogP contribution in [0.4, 0.5) is 0 Å². The molecule has 3 rings (SSSR count). The Kier molecular flexibility index (Phi) is 4.20. The van der Waals surface area contributed by atoms with Crippen LogP contribution in [0, 0.1) is 0 Å². The van der Waals surface area contributed by atoms with E-state index in [0.29, 0.717) is 10.9 Å². The summed E-state index contributed by atoms with van der Waals surface area (Å²) in [4.78, 5) is 5.11. The maximum absolute atomic E-state index is 6.17. The largest absolute Gasteiger partial charge is 0.474 e. The normalized spacial score (nSPS) is 19.4. The summed E-state index contributed by atoms with van der Waals surface area (Å²) in [5.74, 6) is 0.671. The van der Waals surface area contributed by atoms with Gasteiger partial charge in [0.05, 0.1) is 5.56 Å². The summed E-state index contributed by atoms with van der Waals surface area (Å²) in [5.41, 5.74) is 9.15. The van der Waals surface area contributed by atoms with Crippen LogP contribution in [0.25, 0.3) is 0 Å². The number of fused-ring (bicyclic) bond motifs is 1. The number of pyridine rings is 1. The molecule has 108 valence electrons. The monoisotopic (exact) mass is 290 g/mol. The van der Waals surface area contributed by atoms with Crippen LogP contribution in [0.3, 0.4) is 0 Å². The highest BCUT2D eigenvalue weighted by Crippen LogP contribution is 2.29. The quantitative estimate of drug-likeness (QED) is 0.685. The fraction of sp³-hybridized carbons (Fsp3) is 0.625. The first kappa shape index (κ1) is 13.8. The molecule has 0 radical (unpaired) electrons. The van der Waals surface area contributed by atoms with Gasteiger partial charge in [-0.05, 0) is 56.6 Å². The maximum atomic E-state index is 6.17. The molecule has 0 saturated heterocycles. The molecular formula is C16H22N2OS. The van der Waals surface area contributed by atoms with Crippen molar-refractivity contribution in [1.82, 2.24) is 4.98 Å². The van der Waals surface area contributed by atoms with Crippen molar-refractivity contribution >= 4 is 17.2 Å². The summed E-state index contributed by atoms with van der Waals surface area (Å²) in [5, 5.41) is 0. The maximum Gasteiger partial charge on any atom is 0.224 e. The third kappa shape index (κ3) is 2.95. The number of aromatic nitrogens is 1. The Morgan fingerprint density at radius 3 is 2.60 bits per heavy atom. The molecule has 0 aliphatic heterocycles. The van der Waals surface area contributed by atoms with Crippen molar-refractivity contribution in [1.29, 1.82) is 0 Å². The highest BCUT2D eigenvalue weighted by molar-refractivity contribution is 7.80. The first-order chi connectivity index (χ1) is 9.74. The number of hydrogen-bond donors (Lipinski definition) is 1. The molecule has 2 N–H and O–H groups in total. The van der Waals surface area contributed by atoms with Crippen LogP contribution < -0.4 is 10.5 Å². The molecule has 1 fully saturated rings. The van der Waals surface area contributed by atoms with Gasteiger partial charge in [-0.2, -0.15) is 0 Å². The first-order valence-corrected chi connectivity index (χ1v) is 8.14. The molecule has 20 heavy (non-hydrogen) atoms. The Labute approximate surface area is 125 Å². The number of rotatable bonds is 3. The Hall–Kier alpha value is -1.16. The predicted octanol–water partition coefficient (Wildman–Crippen LogP) is 3.31. The van der Waals surface area contributed by atoms with Crippen LogP contribution in [0.5, 0.6) is 5.88 Å². The van der Waals surface area contributed by atoms with Gasteiger partial charge < -0.3 is 10.5 Å². The van der Waals surface area contributed by atoms with Crippen molar-refractivity contribution in [3.05, 3.63) is 22.9 Å². The minimum Gasteiger partial charge on any atom is -0.474 e. The number of hydrogen-bond acceptors (Lipinski definition) is 3. The van der Waals surface area contributed by atoms with Crippen LogP contribution in [0.2, 0.25) is 0 Å². The van der Waals surface area contributed by atoms with Crippen molar-refractivity contribution < 1.29 is 4.74 Å². The minimum atomic E-state index is 0.276. The van der Waals surface area contributed by atoms with Crippen molar-refractivity contribution in [3.63, 3.8) is 0 Å². The summed E-state index contributed by atoms with van der Waals surface area (Å²) in [6.07, 6.45) is 11.0. The van der Waals surface area contributed by atoms with E-state index in [9.17, 15) is 0 Å². The SMILES string of the molecule is NC(=S)c1cc2c(nc1OC1CCCCCC1)CCC2. The van der Waals surface area contributed by atoms with Crippen LogP contribution in [0.15, 0.2) is 6.07 Å². The molecule has 1 aromatic rings. The van der Waals surface area contributed by atoms with Gasteiger partial charge in [-0.25, -0.2) is 4.98 Å². The van der Waals surface area contributed by atoms with Gasteiger partial charge in [-0.3, -0.25) is 0 Å². The van der Waals surface area contributed by atoms with E-state index in [2.05, 4.69) is 6.07 Å². The summed E-state index contributed by atoms with van der Waals surface area (Å²) in [7, 11) is 0. The van der Waals surface area contributed by atoms with Gasteiger partial charge in [-0.15, -0.1) is 0 Å². The van der Waals surface area contributed by atoms with E-state index >= 15 is 0 Å². The molecule has 0 unspecified atom stereocenters. The van der Waals surface area contributed by atoms with E-state index < -0.39 is 0 Å². The zero-order valence-corrected chi connectivity index (χ0v) is 12.7. The molecule has 0 atom stereocenters. The first-order valence-electron chi connectivity index (χ1n) is 7.73. The van der Waals surface area contributed by atoms with Gasteiger partial charge in [0, 0.05) is 5.69 Å². The van der Waals surface area contributed by atoms with E-state index in [1.54, 1.807) is 0 Å². The third-order valence-corrected chi connectivity index (χ3v) is 4.58. The molecule has 2 aliphatic carbocycles. The third-order valence-electron chi connectivity index (χ3n) is 4.36. The van der Waals surface area contributed by atoms with Gasteiger partial charge >= 0.3 is 0 Å². The molecule has 0 spiro atoms. The van der Waals surface area contributed by atoms with Crippen molar-refractivity contribution in [2.45, 2.75) is 63.9 Å². The summed E-state index contributed by atoms with van der Waals surface area (Å²) >= 11 is 5.17. The molecule has 1 saturated carbocycles. The van der Waals surface area contributed by atoms with E-state index in [1.807, 2.05) is 0 Å². The van der Waals surface area contributed by atoms with Gasteiger partial charge in [0.1, 0.15) is 11.1 Å². The molecule has 0 bridgehead atoms. The van der Waals surface area contributed by atoms with E-state index in [4.69, 9.17) is 27.7 Å². The second-order valence-corrected chi connectivity index (χ2v) is 6.34. The van der Waals surface area contributed by atoms with E-state index in [-0.39, 0.29) is 6.10 Å². The van der Waals surface area contributed by atoms with Crippen LogP contribution >= 0.6 is 12.2 Å². The lowest BCUT2D eigenvalue weighted by Gasteiger charge is -2.19. The van der Waals surface area contributed by atoms with Crippen molar-refractivity contribution in [3.8, 4) is 5.88 Å². The van der Waals surface area contributed by atoms with Crippen LogP contribution in [-0.4, -0.2) is 16.1 Å². The summed E-state index contributed by atoms with van der Waals surface area (Å²) < 4.78 is 6.17. The summed E-state index contributed by atoms with van der Waals surface area (Å²) in [6.45, 7) is 0. The molecule has 1 heterocycles. The fourth-order valence-electron chi connectivity index (χ4n) is 3.24. The average Bonchev–Trinajstić information content (AvgIpc) is 2.73. The van der Waals surface area contributed by atoms with Gasteiger partial charge in [0.15, 0.2) is 0 Å². The number of ether oxygens (including phenoxy) is 1. The van der Waals surface area contributed by atoms with Gasteiger partial charge in [0.25, 0.3) is 0 Å². The highest BCUT2D eigenvalue weighted by atomic mass is 32.1. The molecular weight excluding hydrogens is 268 g/mol. The number of thiocarbonyl (C=S) groups is 1. The lowest BCUT2D eigenvalue weighted by molar-refractivity contribution is 0.175. The van der Waals surface area contributed by atoms with Crippen molar-refractivity contribution in [2.24, 2.45) is 5.73 Å². The lowest BCUT2D eigenvalue weighted by Crippen LogP contribution is -2.20. The fourth-order valence-corrected chi connectivity index (χ4v) is 3.38. The van der Waals surface area contributed by atoms with E-state index in [1.165, 1.54) is 43.4 Å². The topological polar surface area (TPSA) is 48.1 Å². The van der Waals surface area contributed by atoms with Gasteiger partial charge in [0.2, 0.25) is 5.88 Å². The summed E-state index contributed by atoms with van der Waals surface area (Å²) in [6, 6.07) is 2.10. The number of aryl methyl sites for hydroxylation is 2. The highest BCUT2D eigenvalue weighted by Gasteiger charge is 2.21. The second kappa shape index (κ2) is 6.08. The second-order valence-electron chi connectivity index (χ2n) is 5.90. The Morgan fingerprint density at radius 2 is 1.90 bits per heavy atom. The molecule has 4 heteroatoms. The zero-order valence-electron chi connectivity index (χ0n) is 11.9. The number of nitrogens with two attached hydrogens (primary N) is 1. The smallest absolute Gasteiger partial charge is 0.224 e. The Bertz CT molecular complexity index is 507. The average molecular weight is 290 g/mol. The van der Waals surface area contributed by atoms with Gasteiger partial charge in [-0.1, -0.05) is 25.1 Å². The molecule has 0 amide bonds. The van der Waals surface area contributed by atoms with Crippen LogP contribution in [-0.2, 0) is 12.8 Å². The number of nitrogens with zero attached hydrogens (tertiary/aromatic N) is 1. The Morgan fingerprint density at radius 1 is 1.15 bits per heavy atom. The Balaban J connectivity index is 1.85. The molecule has 1 aromatic heterocycles. The lowest BCUT2D eigenvalue weighted by atomic mass is 10.1. The minimum absolute atomic E-state index is 0.276. The van der Waals surface area contributed by atoms with Crippen LogP contribution in [0.1, 0.15) is 61.8 Å². The molecule has 3 nitrogen and oxygen atoms in total. The predicted molar refractivity (Wildman–Crippen MR) is 84.3 cm³/mol. The molecule has 0 aromatic carbocycles. The zero-order chi connectivity index (χ0) is 13.9. The standard InChI is InChI=1S/C16H22N2OS/c17-15(20)13-10-11-6-5-9-14(11)18-16(13)19-12-7-3-1-2-4-8-12/h10,12H,1-9H2,(H2,17,20). The van der Waals surface area contributed by atoms with E-state index in [0.717, 1.165) is 31.2 Å².